The first-order chi connectivity index (χ1) is 15.4. The van der Waals surface area contributed by atoms with E-state index in [0.717, 1.165) is 32.0 Å². The Hall–Kier alpha value is -3.26. The first-order valence-electron chi connectivity index (χ1n) is 10.4. The summed E-state index contributed by atoms with van der Waals surface area (Å²) in [7, 11) is 0. The molecule has 2 aromatic carbocycles. The Balaban J connectivity index is 1.71. The van der Waals surface area contributed by atoms with Gasteiger partial charge in [-0.1, -0.05) is 18.2 Å². The van der Waals surface area contributed by atoms with E-state index >= 15 is 0 Å². The highest BCUT2D eigenvalue weighted by Crippen LogP contribution is 2.46. The summed E-state index contributed by atoms with van der Waals surface area (Å²) in [6.45, 7) is 3.03. The van der Waals surface area contributed by atoms with Crippen molar-refractivity contribution < 1.29 is 26.7 Å². The van der Waals surface area contributed by atoms with E-state index in [2.05, 4.69) is 4.90 Å². The first-order valence-corrected chi connectivity index (χ1v) is 10.4. The average molecular weight is 443 g/mol. The number of nitrogens with zero attached hydrogens (tertiary/aromatic N) is 1. The Morgan fingerprint density at radius 1 is 0.969 bits per heavy atom. The van der Waals surface area contributed by atoms with Gasteiger partial charge < -0.3 is 13.6 Å². The quantitative estimate of drug-likeness (QED) is 0.371. The van der Waals surface area contributed by atoms with Gasteiger partial charge in [-0.15, -0.1) is 0 Å². The molecule has 0 radical (unpaired) electrons. The van der Waals surface area contributed by atoms with Crippen LogP contribution in [0.4, 0.5) is 13.2 Å². The molecule has 0 saturated carbocycles. The van der Waals surface area contributed by atoms with Gasteiger partial charge in [0.2, 0.25) is 5.75 Å². The molecule has 0 atom stereocenters. The highest BCUT2D eigenvalue weighted by atomic mass is 19.4. The number of hydrogen-bond donors (Lipinski definition) is 0. The molecule has 1 saturated heterocycles. The van der Waals surface area contributed by atoms with E-state index in [1.54, 1.807) is 12.1 Å². The smallest absolute Gasteiger partial charge is 0.417 e. The highest BCUT2D eigenvalue weighted by molar-refractivity contribution is 6.14. The van der Waals surface area contributed by atoms with Crippen LogP contribution in [0.15, 0.2) is 62.4 Å². The summed E-state index contributed by atoms with van der Waals surface area (Å²) in [4.78, 5) is 14.3. The van der Waals surface area contributed by atoms with Gasteiger partial charge in [0.25, 0.3) is 0 Å². The SMILES string of the molecule is O=c1ccc2c(-c3ccccc3C(F)(F)F)c3ccoc3c(OCCN3CCCC3)c2o1. The van der Waals surface area contributed by atoms with Crippen LogP contribution in [0, 0.1) is 0 Å². The number of alkyl halides is 3. The van der Waals surface area contributed by atoms with Crippen LogP contribution in [0.5, 0.6) is 5.75 Å². The molecule has 1 aliphatic heterocycles. The van der Waals surface area contributed by atoms with Crippen LogP contribution in [-0.2, 0) is 6.18 Å². The van der Waals surface area contributed by atoms with E-state index in [4.69, 9.17) is 13.6 Å². The molecule has 1 fully saturated rings. The molecule has 5 nitrogen and oxygen atoms in total. The second-order valence-electron chi connectivity index (χ2n) is 7.81. The zero-order valence-electron chi connectivity index (χ0n) is 17.1. The number of ether oxygens (including phenoxy) is 1. The van der Waals surface area contributed by atoms with Crippen molar-refractivity contribution in [2.24, 2.45) is 0 Å². The Morgan fingerprint density at radius 3 is 2.50 bits per heavy atom. The second-order valence-corrected chi connectivity index (χ2v) is 7.81. The lowest BCUT2D eigenvalue weighted by Gasteiger charge is -2.18. The van der Waals surface area contributed by atoms with Gasteiger partial charge in [-0.25, -0.2) is 4.79 Å². The molecule has 0 amide bonds. The lowest BCUT2D eigenvalue weighted by molar-refractivity contribution is -0.137. The van der Waals surface area contributed by atoms with Gasteiger partial charge in [0.15, 0.2) is 11.2 Å². The molecule has 166 valence electrons. The molecule has 1 aliphatic rings. The second kappa shape index (κ2) is 8.02. The fraction of sp³-hybridized carbons (Fsp3) is 0.292. The van der Waals surface area contributed by atoms with Gasteiger partial charge in [-0.3, -0.25) is 4.90 Å². The monoisotopic (exact) mass is 443 g/mol. The zero-order chi connectivity index (χ0) is 22.3. The van der Waals surface area contributed by atoms with Gasteiger partial charge in [0, 0.05) is 28.9 Å². The van der Waals surface area contributed by atoms with E-state index < -0.39 is 17.4 Å². The van der Waals surface area contributed by atoms with Gasteiger partial charge in [-0.05, 0) is 49.7 Å². The van der Waals surface area contributed by atoms with E-state index in [-0.39, 0.29) is 28.0 Å². The van der Waals surface area contributed by atoms with Crippen LogP contribution in [-0.4, -0.2) is 31.1 Å². The number of furan rings is 1. The summed E-state index contributed by atoms with van der Waals surface area (Å²) in [6, 6.07) is 9.61. The maximum atomic E-state index is 13.8. The number of likely N-dealkylation sites (tertiary alicyclic amines) is 1. The van der Waals surface area contributed by atoms with Crippen LogP contribution in [0.2, 0.25) is 0 Å². The topological polar surface area (TPSA) is 55.8 Å². The van der Waals surface area contributed by atoms with Crippen molar-refractivity contribution in [1.82, 2.24) is 4.90 Å². The first kappa shape index (κ1) is 20.6. The Bertz CT molecular complexity index is 1330. The summed E-state index contributed by atoms with van der Waals surface area (Å²) in [6.07, 6.45) is -0.866. The molecular formula is C24H20F3NO4. The van der Waals surface area contributed by atoms with E-state index in [0.29, 0.717) is 23.9 Å². The Labute approximate surface area is 181 Å². The van der Waals surface area contributed by atoms with Crippen molar-refractivity contribution in [2.75, 3.05) is 26.2 Å². The molecule has 8 heteroatoms. The van der Waals surface area contributed by atoms with E-state index in [1.165, 1.54) is 30.5 Å². The molecule has 0 bridgehead atoms. The van der Waals surface area contributed by atoms with Crippen LogP contribution >= 0.6 is 0 Å². The molecule has 4 aromatic rings. The van der Waals surface area contributed by atoms with Crippen molar-refractivity contribution >= 4 is 21.9 Å². The van der Waals surface area contributed by atoms with Crippen molar-refractivity contribution in [3.63, 3.8) is 0 Å². The lowest BCUT2D eigenvalue weighted by atomic mass is 9.93. The molecule has 3 heterocycles. The summed E-state index contributed by atoms with van der Waals surface area (Å²) in [5.41, 5.74) is -0.810. The van der Waals surface area contributed by atoms with Gasteiger partial charge >= 0.3 is 11.8 Å². The van der Waals surface area contributed by atoms with Crippen molar-refractivity contribution in [3.05, 3.63) is 64.7 Å². The minimum atomic E-state index is -4.56. The number of fused-ring (bicyclic) bond motifs is 2. The average Bonchev–Trinajstić information content (AvgIpc) is 3.45. The minimum absolute atomic E-state index is 0.0196. The third-order valence-electron chi connectivity index (χ3n) is 5.80. The van der Waals surface area contributed by atoms with Crippen LogP contribution in [0.25, 0.3) is 33.1 Å². The number of benzene rings is 2. The summed E-state index contributed by atoms with van der Waals surface area (Å²) >= 11 is 0. The van der Waals surface area contributed by atoms with Crippen LogP contribution in [0.1, 0.15) is 18.4 Å². The van der Waals surface area contributed by atoms with Crippen LogP contribution in [0.3, 0.4) is 0 Å². The normalized spacial score (nSPS) is 15.1. The summed E-state index contributed by atoms with van der Waals surface area (Å²) in [5.74, 6) is 0.227. The standard InChI is InChI=1S/C24H20F3NO4/c25-24(26,27)18-6-2-1-5-15(18)20-16-7-8-19(29)32-22(16)23(21-17(20)9-13-30-21)31-14-12-28-10-3-4-11-28/h1-2,5-9,13H,3-4,10-12,14H2. The van der Waals surface area contributed by atoms with Crippen LogP contribution < -0.4 is 10.4 Å². The van der Waals surface area contributed by atoms with Crippen molar-refractivity contribution in [1.29, 1.82) is 0 Å². The zero-order valence-corrected chi connectivity index (χ0v) is 17.1. The van der Waals surface area contributed by atoms with Gasteiger partial charge in [0.05, 0.1) is 11.8 Å². The molecule has 0 unspecified atom stereocenters. The maximum Gasteiger partial charge on any atom is 0.417 e. The number of hydrogen-bond acceptors (Lipinski definition) is 5. The summed E-state index contributed by atoms with van der Waals surface area (Å²) < 4.78 is 58.5. The van der Waals surface area contributed by atoms with E-state index in [1.807, 2.05) is 0 Å². The predicted molar refractivity (Wildman–Crippen MR) is 114 cm³/mol. The molecule has 0 N–H and O–H groups in total. The van der Waals surface area contributed by atoms with E-state index in [9.17, 15) is 18.0 Å². The minimum Gasteiger partial charge on any atom is -0.485 e. The molecular weight excluding hydrogens is 423 g/mol. The molecule has 32 heavy (non-hydrogen) atoms. The molecule has 5 rings (SSSR count). The van der Waals surface area contributed by atoms with Crippen molar-refractivity contribution in [3.8, 4) is 16.9 Å². The fourth-order valence-electron chi connectivity index (χ4n) is 4.36. The van der Waals surface area contributed by atoms with Crippen molar-refractivity contribution in [2.45, 2.75) is 19.0 Å². The van der Waals surface area contributed by atoms with Gasteiger partial charge in [0.1, 0.15) is 6.61 Å². The highest BCUT2D eigenvalue weighted by Gasteiger charge is 2.35. The molecule has 0 aliphatic carbocycles. The molecule has 0 spiro atoms. The lowest BCUT2D eigenvalue weighted by Crippen LogP contribution is -2.25. The third-order valence-corrected chi connectivity index (χ3v) is 5.80. The fourth-order valence-corrected chi connectivity index (χ4v) is 4.36. The number of rotatable bonds is 5. The summed E-state index contributed by atoms with van der Waals surface area (Å²) in [5, 5.41) is 0.811. The predicted octanol–water partition coefficient (Wildman–Crippen LogP) is 5.70. The maximum absolute atomic E-state index is 13.8. The Morgan fingerprint density at radius 2 is 1.72 bits per heavy atom. The third kappa shape index (κ3) is 3.64. The molecule has 2 aromatic heterocycles. The van der Waals surface area contributed by atoms with Gasteiger partial charge in [-0.2, -0.15) is 13.2 Å². The Kier molecular flexibility index (Phi) is 5.17. The number of halogens is 3. The largest absolute Gasteiger partial charge is 0.485 e.